The number of nitrogens with one attached hydrogen (secondary N) is 1. The standard InChI is InChI=1S/C22H20F3NO3/c1-12-16(19(27)13-8-6-5-7-9-13)18-15(26-12)11-10-14(22(23,24)25)17(18)20(28)29-21(2,3)4/h5-11,26H,1-4H3. The summed E-state index contributed by atoms with van der Waals surface area (Å²) in [4.78, 5) is 28.8. The number of H-pyrrole nitrogens is 1. The van der Waals surface area contributed by atoms with Gasteiger partial charge in [-0.05, 0) is 39.8 Å². The molecule has 2 aromatic carbocycles. The lowest BCUT2D eigenvalue weighted by atomic mass is 9.94. The van der Waals surface area contributed by atoms with E-state index in [-0.39, 0.29) is 16.5 Å². The molecular weight excluding hydrogens is 383 g/mol. The third-order valence-electron chi connectivity index (χ3n) is 4.32. The molecule has 0 amide bonds. The van der Waals surface area contributed by atoms with E-state index in [4.69, 9.17) is 4.74 Å². The van der Waals surface area contributed by atoms with Gasteiger partial charge >= 0.3 is 12.1 Å². The zero-order valence-corrected chi connectivity index (χ0v) is 16.4. The summed E-state index contributed by atoms with van der Waals surface area (Å²) >= 11 is 0. The molecule has 0 saturated heterocycles. The van der Waals surface area contributed by atoms with Crippen molar-refractivity contribution in [3.63, 3.8) is 0 Å². The number of esters is 1. The predicted molar refractivity (Wildman–Crippen MR) is 103 cm³/mol. The van der Waals surface area contributed by atoms with Crippen LogP contribution in [0.1, 0.15) is 58.3 Å². The van der Waals surface area contributed by atoms with Crippen molar-refractivity contribution >= 4 is 22.7 Å². The summed E-state index contributed by atoms with van der Waals surface area (Å²) in [5, 5.41) is -0.0829. The number of hydrogen-bond acceptors (Lipinski definition) is 3. The predicted octanol–water partition coefficient (Wildman–Crippen LogP) is 5.68. The van der Waals surface area contributed by atoms with Crippen LogP contribution in [0.2, 0.25) is 0 Å². The molecule has 1 aromatic heterocycles. The van der Waals surface area contributed by atoms with Crippen LogP contribution in [0, 0.1) is 6.92 Å². The number of aromatic amines is 1. The SMILES string of the molecule is Cc1[nH]c2ccc(C(F)(F)F)c(C(=O)OC(C)(C)C)c2c1C(=O)c1ccccc1. The molecule has 0 fully saturated rings. The molecule has 0 aliphatic heterocycles. The van der Waals surface area contributed by atoms with Gasteiger partial charge in [-0.3, -0.25) is 4.79 Å². The first-order valence-corrected chi connectivity index (χ1v) is 8.95. The zero-order chi connectivity index (χ0) is 21.6. The highest BCUT2D eigenvalue weighted by atomic mass is 19.4. The Hall–Kier alpha value is -3.09. The Morgan fingerprint density at radius 1 is 0.931 bits per heavy atom. The summed E-state index contributed by atoms with van der Waals surface area (Å²) in [7, 11) is 0. The second-order valence-corrected chi connectivity index (χ2v) is 7.73. The quantitative estimate of drug-likeness (QED) is 0.452. The average Bonchev–Trinajstić information content (AvgIpc) is 2.94. The molecule has 0 bridgehead atoms. The number of aryl methyl sites for hydroxylation is 1. The van der Waals surface area contributed by atoms with Gasteiger partial charge in [0.1, 0.15) is 5.60 Å². The first-order chi connectivity index (χ1) is 13.4. The zero-order valence-electron chi connectivity index (χ0n) is 16.4. The molecule has 29 heavy (non-hydrogen) atoms. The molecule has 0 aliphatic carbocycles. The van der Waals surface area contributed by atoms with Gasteiger partial charge in [-0.1, -0.05) is 30.3 Å². The van der Waals surface area contributed by atoms with E-state index in [1.165, 1.54) is 6.07 Å². The van der Waals surface area contributed by atoms with Crippen LogP contribution in [0.15, 0.2) is 42.5 Å². The summed E-state index contributed by atoms with van der Waals surface area (Å²) in [6.07, 6.45) is -4.79. The Morgan fingerprint density at radius 3 is 2.10 bits per heavy atom. The van der Waals surface area contributed by atoms with Crippen LogP contribution in [0.25, 0.3) is 10.9 Å². The lowest BCUT2D eigenvalue weighted by Crippen LogP contribution is -2.26. The summed E-state index contributed by atoms with van der Waals surface area (Å²) < 4.78 is 46.4. The smallest absolute Gasteiger partial charge is 0.417 e. The third-order valence-corrected chi connectivity index (χ3v) is 4.32. The molecule has 0 saturated carbocycles. The van der Waals surface area contributed by atoms with Crippen LogP contribution in [0.4, 0.5) is 13.2 Å². The summed E-state index contributed by atoms with van der Waals surface area (Å²) in [5.74, 6) is -1.60. The Balaban J connectivity index is 2.35. The van der Waals surface area contributed by atoms with Crippen molar-refractivity contribution in [1.82, 2.24) is 4.98 Å². The van der Waals surface area contributed by atoms with Crippen molar-refractivity contribution < 1.29 is 27.5 Å². The summed E-state index contributed by atoms with van der Waals surface area (Å²) in [6, 6.07) is 10.2. The largest absolute Gasteiger partial charge is 0.456 e. The number of carbonyl (C=O) groups excluding carboxylic acids is 2. The lowest BCUT2D eigenvalue weighted by molar-refractivity contribution is -0.138. The number of alkyl halides is 3. The van der Waals surface area contributed by atoms with Crippen molar-refractivity contribution in [3.05, 3.63) is 70.4 Å². The van der Waals surface area contributed by atoms with Gasteiger partial charge in [0.05, 0.1) is 16.7 Å². The summed E-state index contributed by atoms with van der Waals surface area (Å²) in [5.41, 5.74) is -1.83. The molecule has 152 valence electrons. The maximum atomic E-state index is 13.7. The monoisotopic (exact) mass is 403 g/mol. The number of fused-ring (bicyclic) bond motifs is 1. The van der Waals surface area contributed by atoms with Crippen LogP contribution < -0.4 is 0 Å². The number of rotatable bonds is 3. The molecule has 0 atom stereocenters. The van der Waals surface area contributed by atoms with Gasteiger partial charge in [-0.25, -0.2) is 4.79 Å². The minimum atomic E-state index is -4.79. The number of benzene rings is 2. The third kappa shape index (κ3) is 4.04. The summed E-state index contributed by atoms with van der Waals surface area (Å²) in [6.45, 7) is 6.28. The number of halogens is 3. The highest BCUT2D eigenvalue weighted by molar-refractivity contribution is 6.21. The van der Waals surface area contributed by atoms with Gasteiger partial charge in [0.2, 0.25) is 0 Å². The van der Waals surface area contributed by atoms with Crippen LogP contribution in [0.5, 0.6) is 0 Å². The Morgan fingerprint density at radius 2 is 1.55 bits per heavy atom. The van der Waals surface area contributed by atoms with Gasteiger partial charge in [0.15, 0.2) is 5.78 Å². The molecule has 3 rings (SSSR count). The Kier molecular flexibility index (Phi) is 5.03. The van der Waals surface area contributed by atoms with Gasteiger partial charge in [-0.2, -0.15) is 13.2 Å². The first kappa shape index (κ1) is 20.6. The van der Waals surface area contributed by atoms with Crippen LogP contribution in [-0.4, -0.2) is 22.3 Å². The number of ketones is 1. The highest BCUT2D eigenvalue weighted by Crippen LogP contribution is 2.39. The second-order valence-electron chi connectivity index (χ2n) is 7.73. The topological polar surface area (TPSA) is 59.2 Å². The van der Waals surface area contributed by atoms with Gasteiger partial charge in [-0.15, -0.1) is 0 Å². The number of ether oxygens (including phenoxy) is 1. The maximum Gasteiger partial charge on any atom is 0.417 e. The average molecular weight is 403 g/mol. The molecule has 3 aromatic rings. The molecule has 0 unspecified atom stereocenters. The normalized spacial score (nSPS) is 12.2. The Bertz CT molecular complexity index is 1090. The maximum absolute atomic E-state index is 13.7. The van der Waals surface area contributed by atoms with E-state index in [1.54, 1.807) is 58.0 Å². The van der Waals surface area contributed by atoms with E-state index in [1.807, 2.05) is 0 Å². The fourth-order valence-electron chi connectivity index (χ4n) is 3.21. The Labute approximate surface area is 165 Å². The molecule has 1 heterocycles. The van der Waals surface area contributed by atoms with E-state index < -0.39 is 34.7 Å². The number of carbonyl (C=O) groups is 2. The van der Waals surface area contributed by atoms with Crippen LogP contribution >= 0.6 is 0 Å². The minimum absolute atomic E-state index is 0.0261. The van der Waals surface area contributed by atoms with E-state index in [9.17, 15) is 22.8 Å². The van der Waals surface area contributed by atoms with E-state index in [0.717, 1.165) is 6.07 Å². The molecule has 4 nitrogen and oxygen atoms in total. The van der Waals surface area contributed by atoms with E-state index in [2.05, 4.69) is 4.98 Å². The van der Waals surface area contributed by atoms with Crippen LogP contribution in [-0.2, 0) is 10.9 Å². The van der Waals surface area contributed by atoms with Crippen LogP contribution in [0.3, 0.4) is 0 Å². The van der Waals surface area contributed by atoms with Gasteiger partial charge < -0.3 is 9.72 Å². The molecular formula is C22H20F3NO3. The molecule has 0 aliphatic rings. The second kappa shape index (κ2) is 7.06. The molecule has 1 N–H and O–H groups in total. The fraction of sp³-hybridized carbons (Fsp3) is 0.273. The van der Waals surface area contributed by atoms with Crippen molar-refractivity contribution in [2.75, 3.05) is 0 Å². The van der Waals surface area contributed by atoms with Crippen molar-refractivity contribution in [2.24, 2.45) is 0 Å². The van der Waals surface area contributed by atoms with Crippen molar-refractivity contribution in [3.8, 4) is 0 Å². The molecule has 0 spiro atoms. The molecule has 0 radical (unpaired) electrons. The van der Waals surface area contributed by atoms with Crippen molar-refractivity contribution in [2.45, 2.75) is 39.5 Å². The molecule has 7 heteroatoms. The highest BCUT2D eigenvalue weighted by Gasteiger charge is 2.39. The minimum Gasteiger partial charge on any atom is -0.456 e. The number of hydrogen-bond donors (Lipinski definition) is 1. The van der Waals surface area contributed by atoms with Gasteiger partial charge in [0.25, 0.3) is 0 Å². The van der Waals surface area contributed by atoms with E-state index in [0.29, 0.717) is 11.3 Å². The first-order valence-electron chi connectivity index (χ1n) is 8.95. The lowest BCUT2D eigenvalue weighted by Gasteiger charge is -2.22. The van der Waals surface area contributed by atoms with Crippen molar-refractivity contribution in [1.29, 1.82) is 0 Å². The number of aromatic nitrogens is 1. The fourth-order valence-corrected chi connectivity index (χ4v) is 3.21. The van der Waals surface area contributed by atoms with E-state index >= 15 is 0 Å². The van der Waals surface area contributed by atoms with Gasteiger partial charge in [0, 0.05) is 22.2 Å².